The molecule has 2 unspecified atom stereocenters. The maximum atomic E-state index is 15.8. The molecule has 2 aromatic carbocycles. The van der Waals surface area contributed by atoms with Crippen LogP contribution in [-0.4, -0.2) is 80.5 Å². The van der Waals surface area contributed by atoms with Crippen molar-refractivity contribution in [2.75, 3.05) is 19.7 Å². The van der Waals surface area contributed by atoms with Crippen molar-refractivity contribution in [2.24, 2.45) is 0 Å². The van der Waals surface area contributed by atoms with E-state index < -0.39 is 75.2 Å². The summed E-state index contributed by atoms with van der Waals surface area (Å²) in [5, 5.41) is 8.03. The number of rotatable bonds is 21. The second kappa shape index (κ2) is 23.7. The number of likely N-dealkylation sites (tertiary alicyclic amines) is 1. The van der Waals surface area contributed by atoms with E-state index in [9.17, 15) is 43.2 Å². The fourth-order valence-corrected chi connectivity index (χ4v) is 7.75. The summed E-state index contributed by atoms with van der Waals surface area (Å²) in [6.07, 6.45) is 2.40. The number of esters is 2. The van der Waals surface area contributed by atoms with Crippen molar-refractivity contribution in [3.63, 3.8) is 0 Å². The SMILES string of the molecule is CCOC(=O)CCCCCCN1C(=O)CC[C@@H]1/C=C/[C@@H](OC(=O)Cc1ccc(C(=O)NCCC(O)(P(=O)([O-])O)P(=O)([O-])O)cc1)C(F)(F)c1ccccc1.[Na+].[Na+]. The molecule has 0 spiro atoms. The Kier molecular flexibility index (Phi) is 22.1. The van der Waals surface area contributed by atoms with E-state index >= 15 is 8.78 Å². The minimum atomic E-state index is -6.02. The standard InChI is InChI=1S/C35H46F2N2O13P2.2Na/c1-2-51-31(41)12-8-3-4-9-23-39-28(18-20-30(39)40)17-19-29(35(36,37)27-10-6-5-7-11-27)52-32(42)24-25-13-15-26(16-14-25)33(43)38-22-21-34(44,53(45,46)47)54(48,49)50;;/h5-7,10-11,13-17,19,28-29,44H,2-4,8-9,12,18,20-24H2,1H3,(H,38,43)(H2,45,46,47)(H2,48,49,50);;/q;2*+1/p-2/b19-17+;;/t28-,29+;;/m0../s1. The van der Waals surface area contributed by atoms with Crippen molar-refractivity contribution >= 4 is 38.9 Å². The van der Waals surface area contributed by atoms with Gasteiger partial charge in [0.05, 0.1) is 19.1 Å². The Labute approximate surface area is 367 Å². The second-order valence-electron chi connectivity index (χ2n) is 12.6. The molecule has 0 aromatic heterocycles. The van der Waals surface area contributed by atoms with E-state index in [4.69, 9.17) is 19.3 Å². The summed E-state index contributed by atoms with van der Waals surface area (Å²) in [7, 11) is -12.0. The van der Waals surface area contributed by atoms with E-state index in [-0.39, 0.29) is 88.5 Å². The summed E-state index contributed by atoms with van der Waals surface area (Å²) < 4.78 is 64.6. The molecule has 0 bridgehead atoms. The Balaban J connectivity index is 0.00000784. The molecule has 2 aromatic rings. The van der Waals surface area contributed by atoms with Gasteiger partial charge in [-0.3, -0.25) is 19.2 Å². The molecule has 0 saturated carbocycles. The van der Waals surface area contributed by atoms with Gasteiger partial charge in [0.25, 0.3) is 5.91 Å². The number of unbranched alkanes of at least 4 members (excludes halogenated alkanes) is 3. The topological polar surface area (TPSA) is 243 Å². The van der Waals surface area contributed by atoms with Gasteiger partial charge in [-0.15, -0.1) is 0 Å². The minimum Gasteiger partial charge on any atom is -0.776 e. The van der Waals surface area contributed by atoms with E-state index in [0.717, 1.165) is 18.9 Å². The fraction of sp³-hybridized carbons (Fsp3) is 0.486. The summed E-state index contributed by atoms with van der Waals surface area (Å²) in [5.41, 5.74) is -0.216. The summed E-state index contributed by atoms with van der Waals surface area (Å²) in [6.45, 7) is 1.63. The van der Waals surface area contributed by atoms with Gasteiger partial charge in [0.1, 0.15) is 0 Å². The van der Waals surface area contributed by atoms with Gasteiger partial charge in [-0.05, 0) is 50.0 Å². The van der Waals surface area contributed by atoms with E-state index in [0.29, 0.717) is 38.8 Å². The molecular formula is C35H44F2N2Na2O13P2. The molecule has 298 valence electrons. The minimum absolute atomic E-state index is 0. The third-order valence-corrected chi connectivity index (χ3v) is 12.5. The molecule has 21 heteroatoms. The van der Waals surface area contributed by atoms with Crippen LogP contribution in [0.3, 0.4) is 0 Å². The largest absolute Gasteiger partial charge is 1.00 e. The third-order valence-electron chi connectivity index (χ3n) is 8.71. The average Bonchev–Trinajstić information content (AvgIpc) is 3.46. The van der Waals surface area contributed by atoms with Crippen molar-refractivity contribution in [1.29, 1.82) is 0 Å². The predicted molar refractivity (Wildman–Crippen MR) is 186 cm³/mol. The van der Waals surface area contributed by atoms with Crippen LogP contribution in [0.5, 0.6) is 0 Å². The first-order valence-electron chi connectivity index (χ1n) is 17.2. The smallest absolute Gasteiger partial charge is 0.776 e. The molecule has 1 heterocycles. The van der Waals surface area contributed by atoms with Crippen molar-refractivity contribution < 1.29 is 130 Å². The van der Waals surface area contributed by atoms with Crippen LogP contribution >= 0.6 is 15.2 Å². The molecule has 1 aliphatic rings. The van der Waals surface area contributed by atoms with Gasteiger partial charge in [0, 0.05) is 43.5 Å². The van der Waals surface area contributed by atoms with Crippen molar-refractivity contribution in [2.45, 2.75) is 87.9 Å². The Bertz CT molecular complexity index is 1710. The van der Waals surface area contributed by atoms with Crippen LogP contribution in [0.15, 0.2) is 66.7 Å². The molecule has 56 heavy (non-hydrogen) atoms. The number of hydrogen-bond acceptors (Lipinski definition) is 11. The van der Waals surface area contributed by atoms with Crippen molar-refractivity contribution in [3.05, 3.63) is 83.4 Å². The first-order valence-corrected chi connectivity index (χ1v) is 20.4. The number of benzene rings is 2. The molecule has 1 aliphatic heterocycles. The van der Waals surface area contributed by atoms with Gasteiger partial charge in [0.15, 0.2) is 26.4 Å². The molecule has 4 atom stereocenters. The number of alkyl halides is 2. The van der Waals surface area contributed by atoms with E-state index in [1.165, 1.54) is 54.6 Å². The second-order valence-corrected chi connectivity index (χ2v) is 16.6. The van der Waals surface area contributed by atoms with Crippen molar-refractivity contribution in [3.8, 4) is 0 Å². The Morgan fingerprint density at radius 1 is 0.982 bits per heavy atom. The number of hydrogen-bond donors (Lipinski definition) is 4. The van der Waals surface area contributed by atoms with E-state index in [1.54, 1.807) is 17.9 Å². The third kappa shape index (κ3) is 15.1. The number of amides is 2. The van der Waals surface area contributed by atoms with Crippen LogP contribution in [0.4, 0.5) is 8.78 Å². The zero-order chi connectivity index (χ0) is 40.2. The van der Waals surface area contributed by atoms with Crippen LogP contribution in [-0.2, 0) is 45.3 Å². The molecule has 1 saturated heterocycles. The number of halogens is 2. The van der Waals surface area contributed by atoms with Crippen LogP contribution in [0.25, 0.3) is 0 Å². The molecule has 0 aliphatic carbocycles. The van der Waals surface area contributed by atoms with Gasteiger partial charge in [0.2, 0.25) is 5.91 Å². The van der Waals surface area contributed by atoms with Crippen LogP contribution in [0, 0.1) is 0 Å². The molecular weight excluding hydrogens is 802 g/mol. The summed E-state index contributed by atoms with van der Waals surface area (Å²) in [4.78, 5) is 92.1. The number of ether oxygens (including phenoxy) is 2. The Hall–Kier alpha value is -1.82. The number of nitrogens with one attached hydrogen (secondary N) is 1. The summed E-state index contributed by atoms with van der Waals surface area (Å²) >= 11 is 0. The van der Waals surface area contributed by atoms with Gasteiger partial charge >= 0.3 is 77.0 Å². The van der Waals surface area contributed by atoms with E-state index in [1.807, 2.05) is 0 Å². The molecule has 3 rings (SSSR count). The van der Waals surface area contributed by atoms with Gasteiger partial charge in [-0.1, -0.05) is 61.4 Å². The summed E-state index contributed by atoms with van der Waals surface area (Å²) in [5.74, 6) is -5.98. The Morgan fingerprint density at radius 2 is 1.59 bits per heavy atom. The Morgan fingerprint density at radius 3 is 2.18 bits per heavy atom. The molecule has 1 fully saturated rings. The molecule has 2 amide bonds. The predicted octanol–water partition coefficient (Wildman–Crippen LogP) is -3.14. The number of carbonyl (C=O) groups excluding carboxylic acids is 4. The maximum Gasteiger partial charge on any atom is 1.00 e. The monoisotopic (exact) mass is 846 g/mol. The zero-order valence-electron chi connectivity index (χ0n) is 31.5. The summed E-state index contributed by atoms with van der Waals surface area (Å²) in [6, 6.07) is 11.3. The van der Waals surface area contributed by atoms with Crippen LogP contribution < -0.4 is 74.2 Å². The van der Waals surface area contributed by atoms with Gasteiger partial charge < -0.3 is 53.5 Å². The quantitative estimate of drug-likeness (QED) is 0.0320. The molecule has 15 nitrogen and oxygen atoms in total. The zero-order valence-corrected chi connectivity index (χ0v) is 37.3. The first-order chi connectivity index (χ1) is 25.3. The van der Waals surface area contributed by atoms with Gasteiger partial charge in [-0.2, -0.15) is 8.78 Å². The molecule has 0 radical (unpaired) electrons. The number of aliphatic hydroxyl groups is 1. The maximum absolute atomic E-state index is 15.8. The number of carbonyl (C=O) groups is 4. The van der Waals surface area contributed by atoms with Crippen LogP contribution in [0.2, 0.25) is 0 Å². The van der Waals surface area contributed by atoms with Crippen LogP contribution in [0.1, 0.15) is 79.8 Å². The average molecular weight is 847 g/mol. The molecule has 4 N–H and O–H groups in total. The normalized spacial score (nSPS) is 18.0. The van der Waals surface area contributed by atoms with Crippen molar-refractivity contribution in [1.82, 2.24) is 10.2 Å². The first kappa shape index (κ1) is 52.2. The number of nitrogens with zero attached hydrogens (tertiary/aromatic N) is 1. The fourth-order valence-electron chi connectivity index (χ4n) is 5.68. The van der Waals surface area contributed by atoms with E-state index in [2.05, 4.69) is 5.32 Å². The van der Waals surface area contributed by atoms with Gasteiger partial charge in [-0.25, -0.2) is 0 Å².